The van der Waals surface area contributed by atoms with Gasteiger partial charge < -0.3 is 4.90 Å². The first-order valence-corrected chi connectivity index (χ1v) is 8.36. The van der Waals surface area contributed by atoms with Gasteiger partial charge >= 0.3 is 0 Å². The van der Waals surface area contributed by atoms with E-state index >= 15 is 0 Å². The molecule has 1 N–H and O–H groups in total. The van der Waals surface area contributed by atoms with Gasteiger partial charge in [-0.15, -0.1) is 0 Å². The van der Waals surface area contributed by atoms with E-state index in [4.69, 9.17) is 11.6 Å². The molecule has 3 fully saturated rings. The molecule has 0 radical (unpaired) electrons. The van der Waals surface area contributed by atoms with Gasteiger partial charge in [-0.2, -0.15) is 0 Å². The number of rotatable bonds is 4. The maximum absolute atomic E-state index is 12.7. The predicted octanol–water partition coefficient (Wildman–Crippen LogP) is 3.35. The number of amides is 1. The highest BCUT2D eigenvalue weighted by Gasteiger charge is 2.51. The van der Waals surface area contributed by atoms with Crippen molar-refractivity contribution in [3.63, 3.8) is 0 Å². The van der Waals surface area contributed by atoms with E-state index in [9.17, 15) is 4.79 Å². The number of nitrogens with one attached hydrogen (secondary N) is 1. The van der Waals surface area contributed by atoms with Crippen molar-refractivity contribution in [2.45, 2.75) is 50.9 Å². The standard InChI is InChI=1S/C17H21ClN2O/c1-10-17(21)20(15(11-5-6-11)12-7-8-12)16(19-10)13-3-2-4-14(18)9-13/h2-4,9-12,15-16,19H,5-8H2,1H3. The highest BCUT2D eigenvalue weighted by Crippen LogP contribution is 2.50. The van der Waals surface area contributed by atoms with E-state index in [0.29, 0.717) is 6.04 Å². The smallest absolute Gasteiger partial charge is 0.241 e. The summed E-state index contributed by atoms with van der Waals surface area (Å²) in [7, 11) is 0. The Morgan fingerprint density at radius 1 is 1.24 bits per heavy atom. The van der Waals surface area contributed by atoms with Crippen LogP contribution in [0.3, 0.4) is 0 Å². The molecule has 2 atom stereocenters. The Morgan fingerprint density at radius 3 is 2.48 bits per heavy atom. The summed E-state index contributed by atoms with van der Waals surface area (Å²) < 4.78 is 0. The van der Waals surface area contributed by atoms with Crippen LogP contribution in [0.2, 0.25) is 5.02 Å². The lowest BCUT2D eigenvalue weighted by Crippen LogP contribution is -2.42. The van der Waals surface area contributed by atoms with Crippen LogP contribution in [0.5, 0.6) is 0 Å². The lowest BCUT2D eigenvalue weighted by molar-refractivity contribution is -0.133. The predicted molar refractivity (Wildman–Crippen MR) is 82.9 cm³/mol. The van der Waals surface area contributed by atoms with Crippen molar-refractivity contribution in [3.8, 4) is 0 Å². The Kier molecular flexibility index (Phi) is 3.23. The Bertz CT molecular complexity index is 556. The Hall–Kier alpha value is -1.06. The van der Waals surface area contributed by atoms with Crippen LogP contribution in [0.25, 0.3) is 0 Å². The minimum atomic E-state index is -0.103. The van der Waals surface area contributed by atoms with Crippen molar-refractivity contribution in [1.29, 1.82) is 0 Å². The molecule has 1 heterocycles. The second-order valence-corrected chi connectivity index (χ2v) is 7.19. The summed E-state index contributed by atoms with van der Waals surface area (Å²) in [6.45, 7) is 1.97. The lowest BCUT2D eigenvalue weighted by atomic mass is 10.0. The molecule has 2 unspecified atom stereocenters. The van der Waals surface area contributed by atoms with Crippen LogP contribution in [-0.4, -0.2) is 22.9 Å². The summed E-state index contributed by atoms with van der Waals surface area (Å²) in [6, 6.07) is 8.23. The van der Waals surface area contributed by atoms with Crippen LogP contribution in [0, 0.1) is 11.8 Å². The van der Waals surface area contributed by atoms with E-state index in [-0.39, 0.29) is 18.1 Å². The van der Waals surface area contributed by atoms with Gasteiger partial charge in [-0.1, -0.05) is 23.7 Å². The quantitative estimate of drug-likeness (QED) is 0.925. The summed E-state index contributed by atoms with van der Waals surface area (Å²) in [6.07, 6.45) is 5.10. The van der Waals surface area contributed by atoms with E-state index < -0.39 is 0 Å². The number of halogens is 1. The average molecular weight is 305 g/mol. The molecule has 1 saturated heterocycles. The van der Waals surface area contributed by atoms with Gasteiger partial charge in [-0.05, 0) is 62.1 Å². The number of benzene rings is 1. The third kappa shape index (κ3) is 2.47. The zero-order valence-corrected chi connectivity index (χ0v) is 13.0. The molecule has 1 aromatic rings. The molecule has 21 heavy (non-hydrogen) atoms. The molecule has 4 rings (SSSR count). The highest BCUT2D eigenvalue weighted by atomic mass is 35.5. The van der Waals surface area contributed by atoms with Crippen molar-refractivity contribution >= 4 is 17.5 Å². The zero-order chi connectivity index (χ0) is 14.6. The molecular formula is C17H21ClN2O. The van der Waals surface area contributed by atoms with Crippen LogP contribution in [0.4, 0.5) is 0 Å². The van der Waals surface area contributed by atoms with Crippen molar-refractivity contribution in [3.05, 3.63) is 34.9 Å². The topological polar surface area (TPSA) is 32.3 Å². The van der Waals surface area contributed by atoms with E-state index in [2.05, 4.69) is 16.3 Å². The largest absolute Gasteiger partial charge is 0.318 e. The van der Waals surface area contributed by atoms with E-state index in [1.54, 1.807) is 0 Å². The van der Waals surface area contributed by atoms with Crippen molar-refractivity contribution in [2.75, 3.05) is 0 Å². The van der Waals surface area contributed by atoms with Crippen LogP contribution in [-0.2, 0) is 4.79 Å². The van der Waals surface area contributed by atoms with Crippen molar-refractivity contribution in [2.24, 2.45) is 11.8 Å². The summed E-state index contributed by atoms with van der Waals surface area (Å²) in [5.41, 5.74) is 1.10. The van der Waals surface area contributed by atoms with Gasteiger partial charge in [0, 0.05) is 11.1 Å². The van der Waals surface area contributed by atoms with Gasteiger partial charge in [0.05, 0.1) is 6.04 Å². The molecule has 0 aromatic heterocycles. The lowest BCUT2D eigenvalue weighted by Gasteiger charge is -2.33. The first-order valence-electron chi connectivity index (χ1n) is 7.99. The minimum Gasteiger partial charge on any atom is -0.318 e. The van der Waals surface area contributed by atoms with E-state index in [1.807, 2.05) is 25.1 Å². The third-order valence-electron chi connectivity index (χ3n) is 5.01. The maximum atomic E-state index is 12.7. The van der Waals surface area contributed by atoms with Crippen molar-refractivity contribution < 1.29 is 4.79 Å². The summed E-state index contributed by atoms with van der Waals surface area (Å²) in [4.78, 5) is 14.9. The fourth-order valence-electron chi connectivity index (χ4n) is 3.71. The number of hydrogen-bond acceptors (Lipinski definition) is 2. The fourth-order valence-corrected chi connectivity index (χ4v) is 3.91. The molecule has 112 valence electrons. The summed E-state index contributed by atoms with van der Waals surface area (Å²) in [5.74, 6) is 1.69. The normalized spacial score (nSPS) is 29.5. The van der Waals surface area contributed by atoms with E-state index in [1.165, 1.54) is 25.7 Å². The van der Waals surface area contributed by atoms with E-state index in [0.717, 1.165) is 22.4 Å². The average Bonchev–Trinajstić information content (AvgIpc) is 3.35. The molecule has 3 nitrogen and oxygen atoms in total. The van der Waals surface area contributed by atoms with Gasteiger partial charge in [0.25, 0.3) is 0 Å². The van der Waals surface area contributed by atoms with Gasteiger partial charge in [0.1, 0.15) is 6.17 Å². The first-order chi connectivity index (χ1) is 10.1. The van der Waals surface area contributed by atoms with Crippen LogP contribution >= 0.6 is 11.6 Å². The molecule has 4 heteroatoms. The van der Waals surface area contributed by atoms with Crippen LogP contribution < -0.4 is 5.32 Å². The number of nitrogens with zero attached hydrogens (tertiary/aromatic N) is 1. The third-order valence-corrected chi connectivity index (χ3v) is 5.24. The first kappa shape index (κ1) is 13.6. The number of hydrogen-bond donors (Lipinski definition) is 1. The van der Waals surface area contributed by atoms with Gasteiger partial charge in [0.2, 0.25) is 5.91 Å². The van der Waals surface area contributed by atoms with Crippen molar-refractivity contribution in [1.82, 2.24) is 10.2 Å². The second kappa shape index (κ2) is 4.99. The summed E-state index contributed by atoms with van der Waals surface area (Å²) >= 11 is 6.14. The Labute approximate surface area is 130 Å². The molecule has 1 amide bonds. The fraction of sp³-hybridized carbons (Fsp3) is 0.588. The zero-order valence-electron chi connectivity index (χ0n) is 12.3. The monoisotopic (exact) mass is 304 g/mol. The summed E-state index contributed by atoms with van der Waals surface area (Å²) in [5, 5.41) is 4.19. The molecule has 0 spiro atoms. The van der Waals surface area contributed by atoms with Gasteiger partial charge in [-0.25, -0.2) is 0 Å². The maximum Gasteiger partial charge on any atom is 0.241 e. The molecular weight excluding hydrogens is 284 g/mol. The SMILES string of the molecule is CC1NC(c2cccc(Cl)c2)N(C(C2CC2)C2CC2)C1=O. The second-order valence-electron chi connectivity index (χ2n) is 6.76. The molecule has 2 saturated carbocycles. The number of carbonyl (C=O) groups excluding carboxylic acids is 1. The molecule has 0 bridgehead atoms. The molecule has 2 aliphatic carbocycles. The van der Waals surface area contributed by atoms with Crippen LogP contribution in [0.1, 0.15) is 44.3 Å². The minimum absolute atomic E-state index is 0.0163. The number of carbonyl (C=O) groups is 1. The van der Waals surface area contributed by atoms with Gasteiger partial charge in [-0.3, -0.25) is 10.1 Å². The molecule has 3 aliphatic rings. The molecule has 1 aromatic carbocycles. The van der Waals surface area contributed by atoms with Gasteiger partial charge in [0.15, 0.2) is 0 Å². The Morgan fingerprint density at radius 2 is 1.90 bits per heavy atom. The Balaban J connectivity index is 1.69. The molecule has 1 aliphatic heterocycles. The highest BCUT2D eigenvalue weighted by molar-refractivity contribution is 6.30. The van der Waals surface area contributed by atoms with Crippen LogP contribution in [0.15, 0.2) is 24.3 Å².